The molecule has 0 bridgehead atoms. The Morgan fingerprint density at radius 3 is 2.79 bits per heavy atom. The average molecular weight is 268 g/mol. The first-order chi connectivity index (χ1) is 9.11. The molecule has 0 radical (unpaired) electrons. The lowest BCUT2D eigenvalue weighted by molar-refractivity contribution is -0.0385. The molecule has 2 unspecified atom stereocenters. The van der Waals surface area contributed by atoms with Crippen LogP contribution in [0.3, 0.4) is 0 Å². The summed E-state index contributed by atoms with van der Waals surface area (Å²) in [4.78, 5) is 6.28. The third-order valence-corrected chi connectivity index (χ3v) is 2.65. The van der Waals surface area contributed by atoms with E-state index >= 15 is 0 Å². The van der Waals surface area contributed by atoms with E-state index in [9.17, 15) is 5.11 Å². The van der Waals surface area contributed by atoms with Gasteiger partial charge in [-0.1, -0.05) is 6.07 Å². The monoisotopic (exact) mass is 268 g/mol. The van der Waals surface area contributed by atoms with Gasteiger partial charge in [-0.05, 0) is 26.1 Å². The number of aliphatic hydroxyl groups excluding tert-OH is 1. The van der Waals surface area contributed by atoms with Gasteiger partial charge in [0.15, 0.2) is 0 Å². The van der Waals surface area contributed by atoms with E-state index in [2.05, 4.69) is 4.98 Å². The molecule has 0 saturated carbocycles. The highest BCUT2D eigenvalue weighted by atomic mass is 16.5. The molecule has 2 atom stereocenters. The van der Waals surface area contributed by atoms with Crippen molar-refractivity contribution in [2.75, 3.05) is 33.9 Å². The van der Waals surface area contributed by atoms with Crippen molar-refractivity contribution in [3.8, 4) is 0 Å². The van der Waals surface area contributed by atoms with Gasteiger partial charge in [0.2, 0.25) is 0 Å². The molecule has 0 aliphatic rings. The van der Waals surface area contributed by atoms with Gasteiger partial charge in [0, 0.05) is 26.4 Å². The van der Waals surface area contributed by atoms with E-state index in [0.717, 1.165) is 5.69 Å². The van der Waals surface area contributed by atoms with Gasteiger partial charge in [0.25, 0.3) is 0 Å². The summed E-state index contributed by atoms with van der Waals surface area (Å²) in [7, 11) is 3.59. The van der Waals surface area contributed by atoms with Gasteiger partial charge in [-0.25, -0.2) is 0 Å². The summed E-state index contributed by atoms with van der Waals surface area (Å²) >= 11 is 0. The molecule has 108 valence electrons. The number of likely N-dealkylation sites (N-methyl/N-ethyl adjacent to an activating group) is 1. The number of hydrogen-bond donors (Lipinski definition) is 1. The van der Waals surface area contributed by atoms with Crippen LogP contribution in [0.2, 0.25) is 0 Å². The van der Waals surface area contributed by atoms with Crippen LogP contribution in [0.4, 0.5) is 0 Å². The molecule has 0 aromatic carbocycles. The van der Waals surface area contributed by atoms with Crippen LogP contribution in [0.5, 0.6) is 0 Å². The second-order valence-electron chi connectivity index (χ2n) is 4.77. The van der Waals surface area contributed by atoms with Crippen LogP contribution >= 0.6 is 0 Å². The Kier molecular flexibility index (Phi) is 7.59. The minimum atomic E-state index is -0.506. The third-order valence-electron chi connectivity index (χ3n) is 2.65. The Bertz CT molecular complexity index is 335. The van der Waals surface area contributed by atoms with Gasteiger partial charge >= 0.3 is 0 Å². The van der Waals surface area contributed by atoms with E-state index < -0.39 is 6.10 Å². The van der Waals surface area contributed by atoms with Crippen LogP contribution in [-0.4, -0.2) is 61.1 Å². The molecule has 5 heteroatoms. The molecule has 0 amide bonds. The van der Waals surface area contributed by atoms with E-state index in [1.54, 1.807) is 13.3 Å². The Morgan fingerprint density at radius 2 is 2.16 bits per heavy atom. The summed E-state index contributed by atoms with van der Waals surface area (Å²) in [6.07, 6.45) is 1.27. The van der Waals surface area contributed by atoms with Crippen LogP contribution < -0.4 is 0 Å². The molecule has 0 saturated heterocycles. The van der Waals surface area contributed by atoms with Crippen LogP contribution in [-0.2, 0) is 16.0 Å². The maximum absolute atomic E-state index is 9.89. The largest absolute Gasteiger partial charge is 0.389 e. The van der Waals surface area contributed by atoms with Gasteiger partial charge in [-0.15, -0.1) is 0 Å². The van der Waals surface area contributed by atoms with Crippen LogP contribution in [0, 0.1) is 0 Å². The highest BCUT2D eigenvalue weighted by molar-refractivity contribution is 5.03. The van der Waals surface area contributed by atoms with E-state index in [4.69, 9.17) is 9.47 Å². The summed E-state index contributed by atoms with van der Waals surface area (Å²) in [6.45, 7) is 4.04. The Morgan fingerprint density at radius 1 is 1.37 bits per heavy atom. The third kappa shape index (κ3) is 7.22. The summed E-state index contributed by atoms with van der Waals surface area (Å²) in [5.74, 6) is 0. The van der Waals surface area contributed by atoms with Crippen molar-refractivity contribution in [2.45, 2.75) is 25.7 Å². The first-order valence-corrected chi connectivity index (χ1v) is 6.49. The zero-order valence-electron chi connectivity index (χ0n) is 12.0. The topological polar surface area (TPSA) is 54.8 Å². The molecule has 1 N–H and O–H groups in total. The molecule has 1 heterocycles. The standard InChI is InChI=1S/C14H24N2O3/c1-12(10-18-3)19-11-14(17)9-16(2)8-13-6-4-5-7-15-13/h4-7,12,14,17H,8-11H2,1-3H3. The molecule has 1 aromatic heterocycles. The number of aliphatic hydroxyl groups is 1. The van der Waals surface area contributed by atoms with Crippen LogP contribution in [0.1, 0.15) is 12.6 Å². The first kappa shape index (κ1) is 16.0. The van der Waals surface area contributed by atoms with Crippen molar-refractivity contribution in [3.05, 3.63) is 30.1 Å². The van der Waals surface area contributed by atoms with Crippen molar-refractivity contribution >= 4 is 0 Å². The van der Waals surface area contributed by atoms with E-state index in [0.29, 0.717) is 26.3 Å². The van der Waals surface area contributed by atoms with Gasteiger partial charge in [0.1, 0.15) is 0 Å². The second kappa shape index (κ2) is 8.98. The molecular weight excluding hydrogens is 244 g/mol. The SMILES string of the molecule is COCC(C)OCC(O)CN(C)Cc1ccccn1. The normalized spacial score (nSPS) is 14.6. The number of ether oxygens (including phenoxy) is 2. The van der Waals surface area contributed by atoms with Crippen molar-refractivity contribution in [3.63, 3.8) is 0 Å². The fourth-order valence-corrected chi connectivity index (χ4v) is 1.80. The lowest BCUT2D eigenvalue weighted by atomic mass is 10.3. The maximum Gasteiger partial charge on any atom is 0.0900 e. The molecule has 1 rings (SSSR count). The molecule has 0 aliphatic heterocycles. The predicted octanol–water partition coefficient (Wildman–Crippen LogP) is 0.926. The number of methoxy groups -OCH3 is 1. The van der Waals surface area contributed by atoms with E-state index in [-0.39, 0.29) is 6.10 Å². The van der Waals surface area contributed by atoms with Gasteiger partial charge in [-0.3, -0.25) is 9.88 Å². The fraction of sp³-hybridized carbons (Fsp3) is 0.643. The molecule has 5 nitrogen and oxygen atoms in total. The maximum atomic E-state index is 9.89. The predicted molar refractivity (Wildman–Crippen MR) is 73.9 cm³/mol. The van der Waals surface area contributed by atoms with E-state index in [1.807, 2.05) is 37.1 Å². The molecule has 19 heavy (non-hydrogen) atoms. The van der Waals surface area contributed by atoms with Gasteiger partial charge < -0.3 is 14.6 Å². The molecule has 0 aliphatic carbocycles. The number of aromatic nitrogens is 1. The smallest absolute Gasteiger partial charge is 0.0900 e. The zero-order valence-corrected chi connectivity index (χ0v) is 12.0. The van der Waals surface area contributed by atoms with Crippen LogP contribution in [0.15, 0.2) is 24.4 Å². The number of rotatable bonds is 9. The molecule has 0 spiro atoms. The van der Waals surface area contributed by atoms with Gasteiger partial charge in [-0.2, -0.15) is 0 Å². The first-order valence-electron chi connectivity index (χ1n) is 6.49. The highest BCUT2D eigenvalue weighted by Crippen LogP contribution is 2.01. The van der Waals surface area contributed by atoms with Crippen molar-refractivity contribution in [1.29, 1.82) is 0 Å². The summed E-state index contributed by atoms with van der Waals surface area (Å²) < 4.78 is 10.4. The average Bonchev–Trinajstić information content (AvgIpc) is 2.38. The summed E-state index contributed by atoms with van der Waals surface area (Å²) in [5, 5.41) is 9.89. The Labute approximate surface area is 115 Å². The van der Waals surface area contributed by atoms with Gasteiger partial charge in [0.05, 0.1) is 31.1 Å². The lowest BCUT2D eigenvalue weighted by Crippen LogP contribution is -2.33. The fourth-order valence-electron chi connectivity index (χ4n) is 1.80. The summed E-state index contributed by atoms with van der Waals surface area (Å²) in [5.41, 5.74) is 0.992. The molecule has 0 fully saturated rings. The molecule has 1 aromatic rings. The minimum absolute atomic E-state index is 0.000691. The van der Waals surface area contributed by atoms with Crippen molar-refractivity contribution < 1.29 is 14.6 Å². The second-order valence-corrected chi connectivity index (χ2v) is 4.77. The van der Waals surface area contributed by atoms with E-state index in [1.165, 1.54) is 0 Å². The zero-order chi connectivity index (χ0) is 14.1. The Balaban J connectivity index is 2.22. The minimum Gasteiger partial charge on any atom is -0.389 e. The molecular formula is C14H24N2O3. The van der Waals surface area contributed by atoms with Crippen molar-refractivity contribution in [1.82, 2.24) is 9.88 Å². The summed E-state index contributed by atoms with van der Waals surface area (Å²) in [6, 6.07) is 5.82. The van der Waals surface area contributed by atoms with Crippen molar-refractivity contribution in [2.24, 2.45) is 0 Å². The van der Waals surface area contributed by atoms with Crippen LogP contribution in [0.25, 0.3) is 0 Å². The number of hydrogen-bond acceptors (Lipinski definition) is 5. The Hall–Kier alpha value is -1.01. The lowest BCUT2D eigenvalue weighted by Gasteiger charge is -2.21. The quantitative estimate of drug-likeness (QED) is 0.722. The highest BCUT2D eigenvalue weighted by Gasteiger charge is 2.11. The number of nitrogens with zero attached hydrogens (tertiary/aromatic N) is 2. The number of pyridine rings is 1.